The van der Waals surface area contributed by atoms with E-state index < -0.39 is 0 Å². The Kier molecular flexibility index (Phi) is 5.83. The van der Waals surface area contributed by atoms with Crippen molar-refractivity contribution in [3.05, 3.63) is 35.4 Å². The van der Waals surface area contributed by atoms with E-state index in [2.05, 4.69) is 76.1 Å². The highest BCUT2D eigenvalue weighted by atomic mass is 15.2. The summed E-state index contributed by atoms with van der Waals surface area (Å²) >= 11 is 0. The highest BCUT2D eigenvalue weighted by Gasteiger charge is 2.23. The summed E-state index contributed by atoms with van der Waals surface area (Å²) in [6, 6.07) is 10.3. The second-order valence-corrected chi connectivity index (χ2v) is 5.45. The zero-order valence-corrected chi connectivity index (χ0v) is 12.7. The quantitative estimate of drug-likeness (QED) is 0.830. The summed E-state index contributed by atoms with van der Waals surface area (Å²) in [5.41, 5.74) is 2.70. The summed E-state index contributed by atoms with van der Waals surface area (Å²) < 4.78 is 0. The Morgan fingerprint density at radius 1 is 1.11 bits per heavy atom. The van der Waals surface area contributed by atoms with E-state index in [0.29, 0.717) is 18.1 Å². The largest absolute Gasteiger partial charge is 0.309 e. The third-order valence-electron chi connectivity index (χ3n) is 3.80. The molecule has 2 atom stereocenters. The molecular formula is C16H28N2. The second kappa shape index (κ2) is 6.91. The minimum absolute atomic E-state index is 0.392. The van der Waals surface area contributed by atoms with Gasteiger partial charge in [-0.05, 0) is 46.9 Å². The van der Waals surface area contributed by atoms with Gasteiger partial charge < -0.3 is 5.32 Å². The van der Waals surface area contributed by atoms with Crippen molar-refractivity contribution in [1.82, 2.24) is 10.2 Å². The molecule has 0 saturated heterocycles. The van der Waals surface area contributed by atoms with Crippen LogP contribution in [0.2, 0.25) is 0 Å². The van der Waals surface area contributed by atoms with Gasteiger partial charge in [-0.1, -0.05) is 36.8 Å². The summed E-state index contributed by atoms with van der Waals surface area (Å²) in [6.45, 7) is 12.1. The molecule has 0 bridgehead atoms. The van der Waals surface area contributed by atoms with Crippen LogP contribution in [0, 0.1) is 6.92 Å². The van der Waals surface area contributed by atoms with Crippen molar-refractivity contribution in [1.29, 1.82) is 0 Å². The summed E-state index contributed by atoms with van der Waals surface area (Å²) in [5, 5.41) is 3.61. The van der Waals surface area contributed by atoms with Crippen LogP contribution in [0.25, 0.3) is 0 Å². The van der Waals surface area contributed by atoms with Crippen LogP contribution < -0.4 is 5.32 Å². The fraction of sp³-hybridized carbons (Fsp3) is 0.625. The molecule has 0 aliphatic carbocycles. The molecule has 1 rings (SSSR count). The SMILES string of the molecule is CCNC(c1ccc(C)cc1)C(C)N(C)C(C)C. The molecule has 0 heterocycles. The van der Waals surface area contributed by atoms with E-state index in [1.54, 1.807) is 0 Å². The maximum absolute atomic E-state index is 3.61. The lowest BCUT2D eigenvalue weighted by Crippen LogP contribution is -2.44. The van der Waals surface area contributed by atoms with Crippen LogP contribution in [0.4, 0.5) is 0 Å². The van der Waals surface area contributed by atoms with E-state index in [1.165, 1.54) is 11.1 Å². The predicted octanol–water partition coefficient (Wildman–Crippen LogP) is 3.37. The molecule has 1 aromatic carbocycles. The van der Waals surface area contributed by atoms with Gasteiger partial charge in [0.25, 0.3) is 0 Å². The van der Waals surface area contributed by atoms with Crippen molar-refractivity contribution in [3.8, 4) is 0 Å². The number of hydrogen-bond donors (Lipinski definition) is 1. The number of nitrogens with zero attached hydrogens (tertiary/aromatic N) is 1. The van der Waals surface area contributed by atoms with Crippen molar-refractivity contribution >= 4 is 0 Å². The normalized spacial score (nSPS) is 15.1. The standard InChI is InChI=1S/C16H28N2/c1-7-17-16(14(5)18(6)12(2)3)15-10-8-13(4)9-11-15/h8-12,14,16-17H,7H2,1-6H3. The summed E-state index contributed by atoms with van der Waals surface area (Å²) in [7, 11) is 2.20. The monoisotopic (exact) mass is 248 g/mol. The van der Waals surface area contributed by atoms with Crippen molar-refractivity contribution in [2.45, 2.75) is 52.7 Å². The van der Waals surface area contributed by atoms with E-state index in [4.69, 9.17) is 0 Å². The highest BCUT2D eigenvalue weighted by Crippen LogP contribution is 2.22. The molecule has 2 nitrogen and oxygen atoms in total. The van der Waals surface area contributed by atoms with Gasteiger partial charge in [0.1, 0.15) is 0 Å². The lowest BCUT2D eigenvalue weighted by Gasteiger charge is -2.35. The molecule has 2 unspecified atom stereocenters. The van der Waals surface area contributed by atoms with Crippen molar-refractivity contribution in [2.24, 2.45) is 0 Å². The average Bonchev–Trinajstić information content (AvgIpc) is 2.35. The van der Waals surface area contributed by atoms with E-state index in [9.17, 15) is 0 Å². The Bertz CT molecular complexity index is 343. The van der Waals surface area contributed by atoms with E-state index >= 15 is 0 Å². The Balaban J connectivity index is 2.91. The Morgan fingerprint density at radius 2 is 1.67 bits per heavy atom. The maximum atomic E-state index is 3.61. The minimum atomic E-state index is 0.392. The first kappa shape index (κ1) is 15.2. The lowest BCUT2D eigenvalue weighted by molar-refractivity contribution is 0.169. The second-order valence-electron chi connectivity index (χ2n) is 5.45. The number of rotatable bonds is 6. The van der Waals surface area contributed by atoms with Crippen LogP contribution >= 0.6 is 0 Å². The molecule has 0 fully saturated rings. The first-order valence-corrected chi connectivity index (χ1v) is 6.99. The van der Waals surface area contributed by atoms with Crippen molar-refractivity contribution < 1.29 is 0 Å². The summed E-state index contributed by atoms with van der Waals surface area (Å²) in [6.07, 6.45) is 0. The fourth-order valence-corrected chi connectivity index (χ4v) is 2.27. The predicted molar refractivity (Wildman–Crippen MR) is 80.0 cm³/mol. The van der Waals surface area contributed by atoms with Crippen LogP contribution in [0.1, 0.15) is 44.9 Å². The molecular weight excluding hydrogens is 220 g/mol. The number of nitrogens with one attached hydrogen (secondary N) is 1. The van der Waals surface area contributed by atoms with E-state index in [0.717, 1.165) is 6.54 Å². The van der Waals surface area contributed by atoms with Gasteiger partial charge in [0.2, 0.25) is 0 Å². The van der Waals surface area contributed by atoms with Crippen LogP contribution in [0.15, 0.2) is 24.3 Å². The maximum Gasteiger partial charge on any atom is 0.0475 e. The average molecular weight is 248 g/mol. The molecule has 0 radical (unpaired) electrons. The van der Waals surface area contributed by atoms with Gasteiger partial charge in [0, 0.05) is 18.1 Å². The molecule has 0 amide bonds. The minimum Gasteiger partial charge on any atom is -0.309 e. The molecule has 102 valence electrons. The van der Waals surface area contributed by atoms with Gasteiger partial charge >= 0.3 is 0 Å². The highest BCUT2D eigenvalue weighted by molar-refractivity contribution is 5.25. The van der Waals surface area contributed by atoms with Gasteiger partial charge in [0.15, 0.2) is 0 Å². The molecule has 1 N–H and O–H groups in total. The number of hydrogen-bond acceptors (Lipinski definition) is 2. The molecule has 0 aliphatic heterocycles. The van der Waals surface area contributed by atoms with Gasteiger partial charge in [-0.25, -0.2) is 0 Å². The summed E-state index contributed by atoms with van der Waals surface area (Å²) in [4.78, 5) is 2.42. The Hall–Kier alpha value is -0.860. The van der Waals surface area contributed by atoms with Crippen LogP contribution in [-0.2, 0) is 0 Å². The van der Waals surface area contributed by atoms with Crippen LogP contribution in [0.5, 0.6) is 0 Å². The van der Waals surface area contributed by atoms with Gasteiger partial charge in [-0.3, -0.25) is 4.90 Å². The smallest absolute Gasteiger partial charge is 0.0475 e. The fourth-order valence-electron chi connectivity index (χ4n) is 2.27. The lowest BCUT2D eigenvalue weighted by atomic mass is 9.97. The molecule has 2 heteroatoms. The molecule has 0 spiro atoms. The summed E-state index contributed by atoms with van der Waals surface area (Å²) in [5.74, 6) is 0. The van der Waals surface area contributed by atoms with Crippen LogP contribution in [0.3, 0.4) is 0 Å². The first-order valence-electron chi connectivity index (χ1n) is 6.99. The Labute approximate surface area is 112 Å². The molecule has 0 aliphatic rings. The molecule has 0 saturated carbocycles. The number of aryl methyl sites for hydroxylation is 1. The Morgan fingerprint density at radius 3 is 2.11 bits per heavy atom. The molecule has 18 heavy (non-hydrogen) atoms. The zero-order valence-electron chi connectivity index (χ0n) is 12.7. The van der Waals surface area contributed by atoms with Gasteiger partial charge in [0.05, 0.1) is 0 Å². The zero-order chi connectivity index (χ0) is 13.7. The van der Waals surface area contributed by atoms with Crippen molar-refractivity contribution in [3.63, 3.8) is 0 Å². The van der Waals surface area contributed by atoms with Gasteiger partial charge in [-0.15, -0.1) is 0 Å². The third kappa shape index (κ3) is 3.82. The van der Waals surface area contributed by atoms with Crippen molar-refractivity contribution in [2.75, 3.05) is 13.6 Å². The van der Waals surface area contributed by atoms with E-state index in [-0.39, 0.29) is 0 Å². The topological polar surface area (TPSA) is 15.3 Å². The van der Waals surface area contributed by atoms with Gasteiger partial charge in [-0.2, -0.15) is 0 Å². The molecule has 1 aromatic rings. The van der Waals surface area contributed by atoms with E-state index in [1.807, 2.05) is 0 Å². The molecule has 0 aromatic heterocycles. The first-order chi connectivity index (χ1) is 8.47. The number of likely N-dealkylation sites (N-methyl/N-ethyl adjacent to an activating group) is 2. The van der Waals surface area contributed by atoms with Crippen LogP contribution in [-0.4, -0.2) is 30.6 Å². The third-order valence-corrected chi connectivity index (χ3v) is 3.80. The number of benzene rings is 1.